The van der Waals surface area contributed by atoms with Gasteiger partial charge in [-0.1, -0.05) is 30.3 Å². The van der Waals surface area contributed by atoms with Gasteiger partial charge in [-0.05, 0) is 30.2 Å². The summed E-state index contributed by atoms with van der Waals surface area (Å²) >= 11 is 0. The highest BCUT2D eigenvalue weighted by Crippen LogP contribution is 2.21. The van der Waals surface area contributed by atoms with Gasteiger partial charge in [0.25, 0.3) is 0 Å². The van der Waals surface area contributed by atoms with E-state index in [4.69, 9.17) is 5.11 Å². The van der Waals surface area contributed by atoms with Crippen molar-refractivity contribution in [2.45, 2.75) is 11.3 Å². The second-order valence-corrected chi connectivity index (χ2v) is 8.37. The molecular weight excluding hydrogens is 371 g/mol. The normalized spacial score (nSPS) is 16.3. The van der Waals surface area contributed by atoms with Crippen molar-refractivity contribution in [3.05, 3.63) is 65.5 Å². The number of piperazine rings is 1. The smallest absolute Gasteiger partial charge is 0.338 e. The minimum Gasteiger partial charge on any atom is -0.478 e. The number of nitrogens with zero attached hydrogens (tertiary/aromatic N) is 2. The van der Waals surface area contributed by atoms with Gasteiger partial charge in [0.2, 0.25) is 10.0 Å². The van der Waals surface area contributed by atoms with Crippen molar-refractivity contribution in [2.75, 3.05) is 32.7 Å². The van der Waals surface area contributed by atoms with Gasteiger partial charge in [0.1, 0.15) is 5.82 Å². The van der Waals surface area contributed by atoms with Crippen molar-refractivity contribution in [1.82, 2.24) is 9.21 Å². The highest BCUT2D eigenvalue weighted by Gasteiger charge is 2.29. The van der Waals surface area contributed by atoms with Crippen LogP contribution in [0.15, 0.2) is 53.4 Å². The maximum atomic E-state index is 13.5. The van der Waals surface area contributed by atoms with Gasteiger partial charge in [-0.25, -0.2) is 17.6 Å². The molecule has 0 aromatic heterocycles. The Bertz CT molecular complexity index is 911. The highest BCUT2D eigenvalue weighted by atomic mass is 32.2. The fourth-order valence-electron chi connectivity index (χ4n) is 3.10. The first-order valence-corrected chi connectivity index (χ1v) is 10.1. The van der Waals surface area contributed by atoms with E-state index in [0.29, 0.717) is 26.2 Å². The fourth-order valence-corrected chi connectivity index (χ4v) is 4.55. The molecule has 8 heteroatoms. The van der Waals surface area contributed by atoms with E-state index in [1.165, 1.54) is 9.87 Å². The zero-order valence-corrected chi connectivity index (χ0v) is 15.5. The first-order chi connectivity index (χ1) is 12.9. The van der Waals surface area contributed by atoms with Gasteiger partial charge >= 0.3 is 5.97 Å². The maximum Gasteiger partial charge on any atom is 0.338 e. The number of benzene rings is 2. The molecule has 0 spiro atoms. The van der Waals surface area contributed by atoms with Gasteiger partial charge in [-0.15, -0.1) is 0 Å². The number of rotatable bonds is 6. The predicted molar refractivity (Wildman–Crippen MR) is 98.7 cm³/mol. The third kappa shape index (κ3) is 4.52. The molecule has 27 heavy (non-hydrogen) atoms. The molecule has 0 radical (unpaired) electrons. The van der Waals surface area contributed by atoms with Crippen LogP contribution in [-0.4, -0.2) is 61.4 Å². The Morgan fingerprint density at radius 2 is 1.70 bits per heavy atom. The van der Waals surface area contributed by atoms with Crippen molar-refractivity contribution in [3.8, 4) is 0 Å². The number of carboxylic acid groups (broad SMARTS) is 1. The van der Waals surface area contributed by atoms with Gasteiger partial charge in [0.15, 0.2) is 0 Å². The average molecular weight is 392 g/mol. The van der Waals surface area contributed by atoms with Gasteiger partial charge in [0.05, 0.1) is 10.5 Å². The molecule has 0 saturated carbocycles. The molecule has 1 saturated heterocycles. The van der Waals surface area contributed by atoms with E-state index in [1.54, 1.807) is 0 Å². The summed E-state index contributed by atoms with van der Waals surface area (Å²) in [5.74, 6) is -2.44. The molecule has 0 unspecified atom stereocenters. The summed E-state index contributed by atoms with van der Waals surface area (Å²) in [5.41, 5.74) is 0.595. The maximum absolute atomic E-state index is 13.5. The summed E-state index contributed by atoms with van der Waals surface area (Å²) < 4.78 is 40.4. The Morgan fingerprint density at radius 3 is 2.33 bits per heavy atom. The predicted octanol–water partition coefficient (Wildman–Crippen LogP) is 2.07. The van der Waals surface area contributed by atoms with Crippen molar-refractivity contribution in [3.63, 3.8) is 0 Å². The third-order valence-corrected chi connectivity index (χ3v) is 6.59. The minimum absolute atomic E-state index is 0.195. The summed E-state index contributed by atoms with van der Waals surface area (Å²) in [6.07, 6.45) is 0.896. The molecule has 2 aromatic rings. The molecule has 144 valence electrons. The first-order valence-electron chi connectivity index (χ1n) is 8.67. The average Bonchev–Trinajstić information content (AvgIpc) is 2.67. The lowest BCUT2D eigenvalue weighted by Gasteiger charge is -2.34. The van der Waals surface area contributed by atoms with Crippen LogP contribution in [0, 0.1) is 5.82 Å². The molecule has 6 nitrogen and oxygen atoms in total. The number of halogens is 1. The summed E-state index contributed by atoms with van der Waals surface area (Å²) in [4.78, 5) is 13.1. The lowest BCUT2D eigenvalue weighted by atomic mass is 10.1. The van der Waals surface area contributed by atoms with Gasteiger partial charge in [0, 0.05) is 32.7 Å². The lowest BCUT2D eigenvalue weighted by molar-refractivity contribution is 0.0691. The summed E-state index contributed by atoms with van der Waals surface area (Å²) in [6, 6.07) is 13.0. The Labute approximate surface area is 157 Å². The SMILES string of the molecule is O=C(O)c1cc(S(=O)(=O)N2CCN(CCc3ccccc3)CC2)ccc1F. The Balaban J connectivity index is 1.63. The van der Waals surface area contributed by atoms with Crippen LogP contribution in [0.25, 0.3) is 0 Å². The first kappa shape index (κ1) is 19.5. The Morgan fingerprint density at radius 1 is 1.04 bits per heavy atom. The van der Waals surface area contributed by atoms with Crippen molar-refractivity contribution in [2.24, 2.45) is 0 Å². The molecule has 1 aliphatic rings. The van der Waals surface area contributed by atoms with Crippen LogP contribution in [-0.2, 0) is 16.4 Å². The van der Waals surface area contributed by atoms with Crippen LogP contribution in [0.4, 0.5) is 4.39 Å². The quantitative estimate of drug-likeness (QED) is 0.814. The number of carbonyl (C=O) groups is 1. The Kier molecular flexibility index (Phi) is 5.88. The monoisotopic (exact) mass is 392 g/mol. The van der Waals surface area contributed by atoms with Crippen LogP contribution in [0.2, 0.25) is 0 Å². The van der Waals surface area contributed by atoms with Crippen molar-refractivity contribution >= 4 is 16.0 Å². The van der Waals surface area contributed by atoms with Gasteiger partial charge in [-0.3, -0.25) is 0 Å². The molecule has 0 amide bonds. The summed E-state index contributed by atoms with van der Waals surface area (Å²) in [5, 5.41) is 9.00. The molecule has 0 atom stereocenters. The van der Waals surface area contributed by atoms with Gasteiger partial charge in [-0.2, -0.15) is 4.31 Å². The van der Waals surface area contributed by atoms with Crippen LogP contribution in [0.1, 0.15) is 15.9 Å². The second-order valence-electron chi connectivity index (χ2n) is 6.43. The molecule has 0 aliphatic carbocycles. The van der Waals surface area contributed by atoms with E-state index in [-0.39, 0.29) is 4.90 Å². The van der Waals surface area contributed by atoms with Crippen LogP contribution in [0.5, 0.6) is 0 Å². The van der Waals surface area contributed by atoms with Gasteiger partial charge < -0.3 is 10.0 Å². The number of aromatic carboxylic acids is 1. The van der Waals surface area contributed by atoms with Crippen LogP contribution < -0.4 is 0 Å². The molecule has 1 heterocycles. The third-order valence-electron chi connectivity index (χ3n) is 4.70. The Hall–Kier alpha value is -2.29. The second kappa shape index (κ2) is 8.16. The zero-order valence-electron chi connectivity index (χ0n) is 14.7. The minimum atomic E-state index is -3.85. The lowest BCUT2D eigenvalue weighted by Crippen LogP contribution is -2.49. The van der Waals surface area contributed by atoms with E-state index in [0.717, 1.165) is 31.2 Å². The van der Waals surface area contributed by atoms with Crippen molar-refractivity contribution < 1.29 is 22.7 Å². The fraction of sp³-hybridized carbons (Fsp3) is 0.316. The van der Waals surface area contributed by atoms with Crippen molar-refractivity contribution in [1.29, 1.82) is 0 Å². The van der Waals surface area contributed by atoms with E-state index in [2.05, 4.69) is 17.0 Å². The molecule has 3 rings (SSSR count). The number of hydrogen-bond acceptors (Lipinski definition) is 4. The molecule has 1 fully saturated rings. The van der Waals surface area contributed by atoms with Crippen LogP contribution in [0.3, 0.4) is 0 Å². The number of hydrogen-bond donors (Lipinski definition) is 1. The topological polar surface area (TPSA) is 77.9 Å². The standard InChI is InChI=1S/C19H21FN2O4S/c20-18-7-6-16(14-17(18)19(23)24)27(25,26)22-12-10-21(11-13-22)9-8-15-4-2-1-3-5-15/h1-7,14H,8-13H2,(H,23,24). The number of sulfonamides is 1. The summed E-state index contributed by atoms with van der Waals surface area (Å²) in [7, 11) is -3.85. The molecule has 1 N–H and O–H groups in total. The van der Waals surface area contributed by atoms with E-state index in [9.17, 15) is 17.6 Å². The zero-order chi connectivity index (χ0) is 19.4. The summed E-state index contributed by atoms with van der Waals surface area (Å²) in [6.45, 7) is 2.67. The van der Waals surface area contributed by atoms with E-state index >= 15 is 0 Å². The highest BCUT2D eigenvalue weighted by molar-refractivity contribution is 7.89. The number of carboxylic acids is 1. The molecule has 0 bridgehead atoms. The van der Waals surface area contributed by atoms with E-state index in [1.807, 2.05) is 18.2 Å². The molecular formula is C19H21FN2O4S. The van der Waals surface area contributed by atoms with Crippen LogP contribution >= 0.6 is 0 Å². The van der Waals surface area contributed by atoms with E-state index < -0.39 is 27.4 Å². The molecule has 1 aliphatic heterocycles. The molecule has 2 aromatic carbocycles. The largest absolute Gasteiger partial charge is 0.478 e.